The average molecular weight is 425 g/mol. The smallest absolute Gasteiger partial charge is 0.322 e. The molecule has 5 nitrogen and oxygen atoms in total. The van der Waals surface area contributed by atoms with Gasteiger partial charge in [-0.2, -0.15) is 0 Å². The highest BCUT2D eigenvalue weighted by Gasteiger charge is 2.22. The summed E-state index contributed by atoms with van der Waals surface area (Å²) in [5.41, 5.74) is 1.74. The second kappa shape index (κ2) is 7.97. The Morgan fingerprint density at radius 2 is 1.92 bits per heavy atom. The van der Waals surface area contributed by atoms with Gasteiger partial charge in [-0.25, -0.2) is 4.79 Å². The van der Waals surface area contributed by atoms with Gasteiger partial charge >= 0.3 is 6.03 Å². The van der Waals surface area contributed by atoms with Crippen molar-refractivity contribution in [2.45, 2.75) is 0 Å². The number of rotatable bonds is 3. The van der Waals surface area contributed by atoms with Crippen molar-refractivity contribution in [3.05, 3.63) is 52.0 Å². The summed E-state index contributed by atoms with van der Waals surface area (Å²) in [6.45, 7) is 2.83. The van der Waals surface area contributed by atoms with Crippen LogP contribution in [0.5, 0.6) is 5.75 Å². The van der Waals surface area contributed by atoms with Gasteiger partial charge in [-0.05, 0) is 36.4 Å². The quantitative estimate of drug-likeness (QED) is 0.791. The summed E-state index contributed by atoms with van der Waals surface area (Å²) in [4.78, 5) is 16.6. The first-order valence-electron chi connectivity index (χ1n) is 7.97. The van der Waals surface area contributed by atoms with Crippen molar-refractivity contribution in [3.8, 4) is 5.75 Å². The minimum atomic E-state index is -0.123. The fourth-order valence-electron chi connectivity index (χ4n) is 2.81. The van der Waals surface area contributed by atoms with Crippen LogP contribution in [-0.4, -0.2) is 44.2 Å². The Bertz CT molecular complexity index is 764. The number of amides is 2. The molecule has 1 aliphatic rings. The van der Waals surface area contributed by atoms with E-state index in [4.69, 9.17) is 16.3 Å². The first-order valence-corrected chi connectivity index (χ1v) is 9.14. The second-order valence-electron chi connectivity index (χ2n) is 5.73. The van der Waals surface area contributed by atoms with E-state index in [0.717, 1.165) is 28.3 Å². The molecule has 0 radical (unpaired) electrons. The van der Waals surface area contributed by atoms with Gasteiger partial charge in [0.25, 0.3) is 0 Å². The molecule has 0 aromatic heterocycles. The SMILES string of the molecule is COc1ccc(Br)cc1NC(=O)N1CCN(c2cccc(Cl)c2)CC1. The largest absolute Gasteiger partial charge is 0.495 e. The van der Waals surface area contributed by atoms with Crippen LogP contribution in [0.25, 0.3) is 0 Å². The highest BCUT2D eigenvalue weighted by Crippen LogP contribution is 2.28. The van der Waals surface area contributed by atoms with Crippen LogP contribution in [0.4, 0.5) is 16.2 Å². The van der Waals surface area contributed by atoms with Crippen molar-refractivity contribution in [1.82, 2.24) is 4.90 Å². The van der Waals surface area contributed by atoms with Gasteiger partial charge in [-0.1, -0.05) is 33.6 Å². The van der Waals surface area contributed by atoms with Crippen LogP contribution in [0.1, 0.15) is 0 Å². The number of nitrogens with zero attached hydrogens (tertiary/aromatic N) is 2. The fourth-order valence-corrected chi connectivity index (χ4v) is 3.36. The van der Waals surface area contributed by atoms with E-state index in [9.17, 15) is 4.79 Å². The van der Waals surface area contributed by atoms with Crippen LogP contribution in [0.2, 0.25) is 5.02 Å². The molecule has 1 N–H and O–H groups in total. The second-order valence-corrected chi connectivity index (χ2v) is 7.08. The molecule has 1 heterocycles. The van der Waals surface area contributed by atoms with Gasteiger partial charge in [0.2, 0.25) is 0 Å². The Kier molecular flexibility index (Phi) is 5.71. The Morgan fingerprint density at radius 3 is 2.60 bits per heavy atom. The van der Waals surface area contributed by atoms with Gasteiger partial charge in [0.1, 0.15) is 5.75 Å². The number of methoxy groups -OCH3 is 1. The molecule has 25 heavy (non-hydrogen) atoms. The molecule has 0 saturated carbocycles. The molecule has 3 rings (SSSR count). The van der Waals surface area contributed by atoms with Crippen molar-refractivity contribution in [2.24, 2.45) is 0 Å². The van der Waals surface area contributed by atoms with E-state index in [1.165, 1.54) is 0 Å². The number of halogens is 2. The number of carbonyl (C=O) groups excluding carboxylic acids is 1. The van der Waals surface area contributed by atoms with Gasteiger partial charge in [-0.3, -0.25) is 0 Å². The molecule has 7 heteroatoms. The maximum Gasteiger partial charge on any atom is 0.322 e. The van der Waals surface area contributed by atoms with Gasteiger partial charge in [-0.15, -0.1) is 0 Å². The van der Waals surface area contributed by atoms with Crippen molar-refractivity contribution in [2.75, 3.05) is 43.5 Å². The fraction of sp³-hybridized carbons (Fsp3) is 0.278. The lowest BCUT2D eigenvalue weighted by Gasteiger charge is -2.36. The van der Waals surface area contributed by atoms with E-state index in [0.29, 0.717) is 24.5 Å². The van der Waals surface area contributed by atoms with Crippen molar-refractivity contribution in [1.29, 1.82) is 0 Å². The molecular weight excluding hydrogens is 406 g/mol. The standard InChI is InChI=1S/C18H19BrClN3O2/c1-25-17-6-5-13(19)11-16(17)21-18(24)23-9-7-22(8-10-23)15-4-2-3-14(20)12-15/h2-6,11-12H,7-10H2,1H3,(H,21,24). The zero-order valence-electron chi connectivity index (χ0n) is 13.8. The molecule has 0 bridgehead atoms. The average Bonchev–Trinajstić information content (AvgIpc) is 2.62. The zero-order chi connectivity index (χ0) is 17.8. The van der Waals surface area contributed by atoms with Gasteiger partial charge in [0.05, 0.1) is 12.8 Å². The zero-order valence-corrected chi connectivity index (χ0v) is 16.2. The molecule has 0 atom stereocenters. The predicted octanol–water partition coefficient (Wildman–Crippen LogP) is 4.47. The summed E-state index contributed by atoms with van der Waals surface area (Å²) in [6.07, 6.45) is 0. The van der Waals surface area contributed by atoms with Crippen molar-refractivity contribution < 1.29 is 9.53 Å². The first-order chi connectivity index (χ1) is 12.1. The number of urea groups is 1. The number of carbonyl (C=O) groups is 1. The third-order valence-corrected chi connectivity index (χ3v) is 4.87. The molecule has 2 aromatic carbocycles. The number of benzene rings is 2. The lowest BCUT2D eigenvalue weighted by atomic mass is 10.2. The van der Waals surface area contributed by atoms with E-state index >= 15 is 0 Å². The van der Waals surface area contributed by atoms with E-state index < -0.39 is 0 Å². The minimum Gasteiger partial charge on any atom is -0.495 e. The summed E-state index contributed by atoms with van der Waals surface area (Å²) in [5.74, 6) is 0.633. The molecule has 1 fully saturated rings. The number of ether oxygens (including phenoxy) is 1. The van der Waals surface area contributed by atoms with Gasteiger partial charge in [0.15, 0.2) is 0 Å². The molecule has 2 amide bonds. The summed E-state index contributed by atoms with van der Waals surface area (Å²) < 4.78 is 6.18. The summed E-state index contributed by atoms with van der Waals surface area (Å²) in [7, 11) is 1.59. The third kappa shape index (κ3) is 4.38. The number of hydrogen-bond acceptors (Lipinski definition) is 3. The monoisotopic (exact) mass is 423 g/mol. The molecule has 1 aliphatic heterocycles. The van der Waals surface area contributed by atoms with Gasteiger partial charge in [0, 0.05) is 41.4 Å². The molecule has 1 saturated heterocycles. The first kappa shape index (κ1) is 17.9. The lowest BCUT2D eigenvalue weighted by molar-refractivity contribution is 0.208. The Balaban J connectivity index is 1.61. The van der Waals surface area contributed by atoms with E-state index in [-0.39, 0.29) is 6.03 Å². The van der Waals surface area contributed by atoms with Crippen LogP contribution in [0.15, 0.2) is 46.9 Å². The maximum absolute atomic E-state index is 12.5. The van der Waals surface area contributed by atoms with Crippen LogP contribution in [0.3, 0.4) is 0 Å². The highest BCUT2D eigenvalue weighted by molar-refractivity contribution is 9.10. The summed E-state index contributed by atoms with van der Waals surface area (Å²) >= 11 is 9.47. The molecule has 132 valence electrons. The predicted molar refractivity (Wildman–Crippen MR) is 105 cm³/mol. The maximum atomic E-state index is 12.5. The van der Waals surface area contributed by atoms with E-state index in [2.05, 4.69) is 26.1 Å². The van der Waals surface area contributed by atoms with Gasteiger partial charge < -0.3 is 19.9 Å². The number of hydrogen-bond donors (Lipinski definition) is 1. The number of anilines is 2. The van der Waals surface area contributed by atoms with Crippen LogP contribution in [-0.2, 0) is 0 Å². The lowest BCUT2D eigenvalue weighted by Crippen LogP contribution is -2.50. The summed E-state index contributed by atoms with van der Waals surface area (Å²) in [6, 6.07) is 13.2. The Labute approximate surface area is 160 Å². The molecule has 2 aromatic rings. The third-order valence-electron chi connectivity index (χ3n) is 4.14. The van der Waals surface area contributed by atoms with Crippen LogP contribution >= 0.6 is 27.5 Å². The molecule has 0 unspecified atom stereocenters. The molecule has 0 aliphatic carbocycles. The minimum absolute atomic E-state index is 0.123. The Hall–Kier alpha value is -1.92. The topological polar surface area (TPSA) is 44.8 Å². The molecular formula is C18H19BrClN3O2. The Morgan fingerprint density at radius 1 is 1.16 bits per heavy atom. The van der Waals surface area contributed by atoms with Crippen LogP contribution in [0, 0.1) is 0 Å². The number of piperazine rings is 1. The van der Waals surface area contributed by atoms with Crippen molar-refractivity contribution in [3.63, 3.8) is 0 Å². The summed E-state index contributed by atoms with van der Waals surface area (Å²) in [5, 5.41) is 3.65. The van der Waals surface area contributed by atoms with Crippen LogP contribution < -0.4 is 15.0 Å². The van der Waals surface area contributed by atoms with E-state index in [1.54, 1.807) is 12.0 Å². The van der Waals surface area contributed by atoms with Crippen molar-refractivity contribution >= 4 is 44.9 Å². The van der Waals surface area contributed by atoms with E-state index in [1.807, 2.05) is 42.5 Å². The molecule has 0 spiro atoms. The number of nitrogens with one attached hydrogen (secondary N) is 1. The normalized spacial score (nSPS) is 14.4. The highest BCUT2D eigenvalue weighted by atomic mass is 79.9.